The molecule has 7 nitrogen and oxygen atoms in total. The van der Waals surface area contributed by atoms with E-state index in [2.05, 4.69) is 15.4 Å². The Hall–Kier alpha value is -2.06. The largest absolute Gasteiger partial charge is 0.468 e. The van der Waals surface area contributed by atoms with E-state index < -0.39 is 5.97 Å². The molecule has 0 radical (unpaired) electrons. The number of thioether (sulfide) groups is 1. The Balaban J connectivity index is 2.41. The zero-order valence-corrected chi connectivity index (χ0v) is 14.3. The van der Waals surface area contributed by atoms with E-state index in [1.807, 2.05) is 30.5 Å². The molecule has 126 valence electrons. The topological polar surface area (TPSA) is 88.9 Å². The van der Waals surface area contributed by atoms with Crippen LogP contribution in [0.4, 0.5) is 5.69 Å². The molecule has 0 aliphatic carbocycles. The van der Waals surface area contributed by atoms with Gasteiger partial charge in [0.1, 0.15) is 6.54 Å². The SMILES string of the molecule is COC(=O)CNC(=O)C[NH+](C)CC(=O)Nc1ccccc1SC. The summed E-state index contributed by atoms with van der Waals surface area (Å²) in [5, 5.41) is 5.27. The number of quaternary nitrogens is 1. The fourth-order valence-electron chi connectivity index (χ4n) is 1.86. The number of esters is 1. The van der Waals surface area contributed by atoms with E-state index in [-0.39, 0.29) is 31.4 Å². The van der Waals surface area contributed by atoms with Crippen LogP contribution in [0.25, 0.3) is 0 Å². The quantitative estimate of drug-likeness (QED) is 0.424. The Bertz CT molecular complexity index is 565. The third-order valence-corrected chi connectivity index (χ3v) is 3.76. The molecule has 0 bridgehead atoms. The lowest BCUT2D eigenvalue weighted by atomic mass is 10.3. The molecule has 1 unspecified atom stereocenters. The molecule has 23 heavy (non-hydrogen) atoms. The Morgan fingerprint density at radius 2 is 1.83 bits per heavy atom. The molecular formula is C15H22N3O4S+. The number of para-hydroxylation sites is 1. The molecule has 0 saturated heterocycles. The third kappa shape index (κ3) is 7.16. The molecular weight excluding hydrogens is 318 g/mol. The summed E-state index contributed by atoms with van der Waals surface area (Å²) in [5.74, 6) is -1.00. The number of methoxy groups -OCH3 is 1. The van der Waals surface area contributed by atoms with Gasteiger partial charge >= 0.3 is 5.97 Å². The van der Waals surface area contributed by atoms with Crippen LogP contribution in [0.1, 0.15) is 0 Å². The van der Waals surface area contributed by atoms with E-state index in [1.54, 1.807) is 18.8 Å². The lowest BCUT2D eigenvalue weighted by Crippen LogP contribution is -3.11. The summed E-state index contributed by atoms with van der Waals surface area (Å²) in [7, 11) is 2.99. The van der Waals surface area contributed by atoms with Crippen LogP contribution in [0.15, 0.2) is 29.2 Å². The molecule has 0 aromatic heterocycles. The molecule has 1 aromatic rings. The summed E-state index contributed by atoms with van der Waals surface area (Å²) in [6, 6.07) is 7.52. The number of likely N-dealkylation sites (N-methyl/N-ethyl adjacent to an activating group) is 1. The first-order chi connectivity index (χ1) is 11.0. The standard InChI is InChI=1S/C15H21N3O4S/c1-18(9-13(19)16-8-15(21)22-2)10-14(20)17-11-6-4-5-7-12(11)23-3/h4-7H,8-10H2,1-3H3,(H,16,19)(H,17,20)/p+1. The van der Waals surface area contributed by atoms with Gasteiger partial charge in [0.05, 0.1) is 19.8 Å². The van der Waals surface area contributed by atoms with Crippen LogP contribution in [-0.2, 0) is 19.1 Å². The number of benzene rings is 1. The van der Waals surface area contributed by atoms with E-state index in [4.69, 9.17) is 0 Å². The highest BCUT2D eigenvalue weighted by Gasteiger charge is 2.15. The van der Waals surface area contributed by atoms with Crippen LogP contribution < -0.4 is 15.5 Å². The molecule has 2 amide bonds. The molecule has 1 aromatic carbocycles. The molecule has 0 heterocycles. The number of hydrogen-bond donors (Lipinski definition) is 3. The Labute approximate surface area is 139 Å². The van der Waals surface area contributed by atoms with E-state index >= 15 is 0 Å². The highest BCUT2D eigenvalue weighted by molar-refractivity contribution is 7.98. The van der Waals surface area contributed by atoms with Gasteiger partial charge in [0, 0.05) is 4.90 Å². The first-order valence-electron chi connectivity index (χ1n) is 7.04. The van der Waals surface area contributed by atoms with Gasteiger partial charge in [-0.25, -0.2) is 0 Å². The number of anilines is 1. The number of carbonyl (C=O) groups excluding carboxylic acids is 3. The molecule has 0 aliphatic heterocycles. The van der Waals surface area contributed by atoms with Crippen LogP contribution in [-0.4, -0.2) is 57.8 Å². The molecule has 8 heteroatoms. The minimum absolute atomic E-state index is 0.0919. The number of hydrogen-bond acceptors (Lipinski definition) is 5. The van der Waals surface area contributed by atoms with Crippen molar-refractivity contribution in [2.45, 2.75) is 4.90 Å². The maximum Gasteiger partial charge on any atom is 0.325 e. The van der Waals surface area contributed by atoms with Crippen molar-refractivity contribution in [3.63, 3.8) is 0 Å². The number of amides is 2. The monoisotopic (exact) mass is 340 g/mol. The van der Waals surface area contributed by atoms with Crippen molar-refractivity contribution in [2.24, 2.45) is 0 Å². The maximum atomic E-state index is 12.0. The number of rotatable bonds is 8. The molecule has 0 spiro atoms. The second-order valence-corrected chi connectivity index (χ2v) is 5.76. The second kappa shape index (κ2) is 9.86. The average molecular weight is 340 g/mol. The molecule has 3 N–H and O–H groups in total. The van der Waals surface area contributed by atoms with Gasteiger partial charge in [0.25, 0.3) is 11.8 Å². The van der Waals surface area contributed by atoms with Crippen molar-refractivity contribution < 1.29 is 24.0 Å². The van der Waals surface area contributed by atoms with Crippen LogP contribution >= 0.6 is 11.8 Å². The van der Waals surface area contributed by atoms with Crippen molar-refractivity contribution in [1.82, 2.24) is 5.32 Å². The summed E-state index contributed by atoms with van der Waals surface area (Å²) < 4.78 is 4.43. The molecule has 0 aliphatic rings. The minimum atomic E-state index is -0.512. The lowest BCUT2D eigenvalue weighted by molar-refractivity contribution is -0.862. The number of ether oxygens (including phenoxy) is 1. The fraction of sp³-hybridized carbons (Fsp3) is 0.400. The molecule has 1 rings (SSSR count). The molecule has 0 saturated carbocycles. The van der Waals surface area contributed by atoms with E-state index in [0.717, 1.165) is 10.6 Å². The zero-order valence-electron chi connectivity index (χ0n) is 13.5. The van der Waals surface area contributed by atoms with Gasteiger partial charge in [-0.1, -0.05) is 12.1 Å². The summed E-state index contributed by atoms with van der Waals surface area (Å²) in [6.07, 6.45) is 1.94. The van der Waals surface area contributed by atoms with E-state index in [1.165, 1.54) is 7.11 Å². The molecule has 0 fully saturated rings. The van der Waals surface area contributed by atoms with Crippen molar-refractivity contribution in [2.75, 3.05) is 45.4 Å². The van der Waals surface area contributed by atoms with E-state index in [0.29, 0.717) is 4.90 Å². The minimum Gasteiger partial charge on any atom is -0.468 e. The van der Waals surface area contributed by atoms with Gasteiger partial charge in [-0.2, -0.15) is 0 Å². The Morgan fingerprint density at radius 3 is 2.48 bits per heavy atom. The summed E-state index contributed by atoms with van der Waals surface area (Å²) >= 11 is 1.55. The van der Waals surface area contributed by atoms with Crippen LogP contribution in [0, 0.1) is 0 Å². The van der Waals surface area contributed by atoms with Crippen molar-refractivity contribution in [3.8, 4) is 0 Å². The van der Waals surface area contributed by atoms with Gasteiger partial charge in [0.2, 0.25) is 0 Å². The van der Waals surface area contributed by atoms with Gasteiger partial charge in [-0.3, -0.25) is 14.4 Å². The van der Waals surface area contributed by atoms with Gasteiger partial charge < -0.3 is 20.3 Å². The van der Waals surface area contributed by atoms with Crippen LogP contribution in [0.5, 0.6) is 0 Å². The average Bonchev–Trinajstić information content (AvgIpc) is 2.52. The highest BCUT2D eigenvalue weighted by atomic mass is 32.2. The summed E-state index contributed by atoms with van der Waals surface area (Å²) in [6.45, 7) is 0.0683. The smallest absolute Gasteiger partial charge is 0.325 e. The van der Waals surface area contributed by atoms with Gasteiger partial charge in [0.15, 0.2) is 13.1 Å². The van der Waals surface area contributed by atoms with Crippen molar-refractivity contribution >= 4 is 35.2 Å². The molecule has 1 atom stereocenters. The predicted molar refractivity (Wildman–Crippen MR) is 88.5 cm³/mol. The zero-order chi connectivity index (χ0) is 17.2. The van der Waals surface area contributed by atoms with Crippen molar-refractivity contribution in [1.29, 1.82) is 0 Å². The van der Waals surface area contributed by atoms with Gasteiger partial charge in [-0.05, 0) is 18.4 Å². The van der Waals surface area contributed by atoms with Crippen LogP contribution in [0.3, 0.4) is 0 Å². The third-order valence-electron chi connectivity index (χ3n) is 2.96. The fourth-order valence-corrected chi connectivity index (χ4v) is 2.41. The Kier molecular flexibility index (Phi) is 8.14. The summed E-state index contributed by atoms with van der Waals surface area (Å²) in [4.78, 5) is 36.3. The van der Waals surface area contributed by atoms with Crippen LogP contribution in [0.2, 0.25) is 0 Å². The normalized spacial score (nSPS) is 11.4. The number of nitrogens with one attached hydrogen (secondary N) is 3. The van der Waals surface area contributed by atoms with Gasteiger partial charge in [-0.15, -0.1) is 11.8 Å². The first kappa shape index (κ1) is 19.0. The number of carbonyl (C=O) groups is 3. The Morgan fingerprint density at radius 1 is 1.17 bits per heavy atom. The first-order valence-corrected chi connectivity index (χ1v) is 8.26. The maximum absolute atomic E-state index is 12.0. The summed E-state index contributed by atoms with van der Waals surface area (Å²) in [5.41, 5.74) is 0.757. The highest BCUT2D eigenvalue weighted by Crippen LogP contribution is 2.24. The van der Waals surface area contributed by atoms with Crippen molar-refractivity contribution in [3.05, 3.63) is 24.3 Å². The second-order valence-electron chi connectivity index (χ2n) is 4.91. The van der Waals surface area contributed by atoms with E-state index in [9.17, 15) is 14.4 Å². The predicted octanol–water partition coefficient (Wildman–Crippen LogP) is -0.849. The lowest BCUT2D eigenvalue weighted by Gasteiger charge is -2.14.